The van der Waals surface area contributed by atoms with Gasteiger partial charge in [-0.05, 0) is 13.5 Å². The van der Waals surface area contributed by atoms with Gasteiger partial charge in [0.25, 0.3) is 0 Å². The highest BCUT2D eigenvalue weighted by Crippen LogP contribution is 1.88. The van der Waals surface area contributed by atoms with Gasteiger partial charge in [0.1, 0.15) is 0 Å². The van der Waals surface area contributed by atoms with Crippen molar-refractivity contribution in [2.75, 3.05) is 19.3 Å². The molecular formula is C7H16N2OS. The van der Waals surface area contributed by atoms with Gasteiger partial charge in [0.2, 0.25) is 5.91 Å². The van der Waals surface area contributed by atoms with E-state index in [1.165, 1.54) is 0 Å². The van der Waals surface area contributed by atoms with Crippen molar-refractivity contribution in [3.05, 3.63) is 0 Å². The summed E-state index contributed by atoms with van der Waals surface area (Å²) in [5.41, 5.74) is 0. The van der Waals surface area contributed by atoms with Crippen molar-refractivity contribution in [2.24, 2.45) is 0 Å². The van der Waals surface area contributed by atoms with E-state index < -0.39 is 0 Å². The van der Waals surface area contributed by atoms with E-state index >= 15 is 0 Å². The van der Waals surface area contributed by atoms with Crippen molar-refractivity contribution >= 4 is 18.5 Å². The van der Waals surface area contributed by atoms with Crippen molar-refractivity contribution in [1.82, 2.24) is 10.6 Å². The van der Waals surface area contributed by atoms with Crippen LogP contribution in [-0.4, -0.2) is 31.3 Å². The molecule has 0 saturated carbocycles. The first-order valence-corrected chi connectivity index (χ1v) is 4.45. The third kappa shape index (κ3) is 4.27. The monoisotopic (exact) mass is 176 g/mol. The fraction of sp³-hybridized carbons (Fsp3) is 0.857. The first kappa shape index (κ1) is 10.8. The van der Waals surface area contributed by atoms with E-state index in [9.17, 15) is 4.79 Å². The van der Waals surface area contributed by atoms with E-state index in [2.05, 4.69) is 23.3 Å². The summed E-state index contributed by atoms with van der Waals surface area (Å²) in [5.74, 6) is 0.746. The maximum absolute atomic E-state index is 11.2. The second-order valence-electron chi connectivity index (χ2n) is 2.26. The Bertz CT molecular complexity index is 115. The number of likely N-dealkylation sites (N-methyl/N-ethyl adjacent to an activating group) is 1. The van der Waals surface area contributed by atoms with Crippen LogP contribution in [0.5, 0.6) is 0 Å². The minimum Gasteiger partial charge on any atom is -0.354 e. The SMILES string of the molecule is CCC(NC)C(=O)NCCS. The molecule has 1 unspecified atom stereocenters. The van der Waals surface area contributed by atoms with Gasteiger partial charge in [0.15, 0.2) is 0 Å². The van der Waals surface area contributed by atoms with Crippen LogP contribution in [0.2, 0.25) is 0 Å². The summed E-state index contributed by atoms with van der Waals surface area (Å²) < 4.78 is 0. The molecule has 0 fully saturated rings. The Morgan fingerprint density at radius 1 is 1.64 bits per heavy atom. The van der Waals surface area contributed by atoms with Gasteiger partial charge < -0.3 is 10.6 Å². The molecule has 0 aliphatic carbocycles. The Kier molecular flexibility index (Phi) is 6.36. The number of carbonyl (C=O) groups excluding carboxylic acids is 1. The van der Waals surface area contributed by atoms with Crippen LogP contribution in [0.3, 0.4) is 0 Å². The van der Waals surface area contributed by atoms with E-state index in [-0.39, 0.29) is 11.9 Å². The summed E-state index contributed by atoms with van der Waals surface area (Å²) in [6, 6.07) is -0.0603. The van der Waals surface area contributed by atoms with Gasteiger partial charge in [-0.15, -0.1) is 0 Å². The summed E-state index contributed by atoms with van der Waals surface area (Å²) in [4.78, 5) is 11.2. The summed E-state index contributed by atoms with van der Waals surface area (Å²) in [5, 5.41) is 5.68. The zero-order chi connectivity index (χ0) is 8.69. The molecule has 0 rings (SSSR count). The molecule has 0 aromatic rings. The quantitative estimate of drug-likeness (QED) is 0.517. The highest BCUT2D eigenvalue weighted by atomic mass is 32.1. The molecule has 66 valence electrons. The fourth-order valence-electron chi connectivity index (χ4n) is 0.823. The van der Waals surface area contributed by atoms with Crippen LogP contribution in [0.15, 0.2) is 0 Å². The van der Waals surface area contributed by atoms with E-state index in [0.29, 0.717) is 12.3 Å². The molecule has 3 nitrogen and oxygen atoms in total. The second kappa shape index (κ2) is 6.49. The van der Waals surface area contributed by atoms with E-state index in [0.717, 1.165) is 6.42 Å². The molecular weight excluding hydrogens is 160 g/mol. The first-order chi connectivity index (χ1) is 5.26. The van der Waals surface area contributed by atoms with Crippen molar-refractivity contribution < 1.29 is 4.79 Å². The zero-order valence-electron chi connectivity index (χ0n) is 7.05. The summed E-state index contributed by atoms with van der Waals surface area (Å²) in [6.07, 6.45) is 0.814. The summed E-state index contributed by atoms with van der Waals surface area (Å²) in [6.45, 7) is 2.61. The molecule has 0 heterocycles. The van der Waals surface area contributed by atoms with Crippen LogP contribution >= 0.6 is 12.6 Å². The van der Waals surface area contributed by atoms with Gasteiger partial charge >= 0.3 is 0 Å². The molecule has 0 aliphatic heterocycles. The molecule has 0 spiro atoms. The maximum atomic E-state index is 11.2. The fourth-order valence-corrected chi connectivity index (χ4v) is 0.935. The second-order valence-corrected chi connectivity index (χ2v) is 2.71. The summed E-state index contributed by atoms with van der Waals surface area (Å²) in [7, 11) is 1.79. The number of thiol groups is 1. The van der Waals surface area contributed by atoms with Gasteiger partial charge in [-0.1, -0.05) is 6.92 Å². The van der Waals surface area contributed by atoms with Gasteiger partial charge in [-0.25, -0.2) is 0 Å². The van der Waals surface area contributed by atoms with Crippen LogP contribution in [0.4, 0.5) is 0 Å². The molecule has 0 saturated heterocycles. The van der Waals surface area contributed by atoms with Crippen LogP contribution in [0, 0.1) is 0 Å². The Morgan fingerprint density at radius 3 is 2.64 bits per heavy atom. The lowest BCUT2D eigenvalue weighted by atomic mass is 10.2. The normalized spacial score (nSPS) is 12.6. The van der Waals surface area contributed by atoms with Crippen molar-refractivity contribution in [3.63, 3.8) is 0 Å². The van der Waals surface area contributed by atoms with Crippen LogP contribution in [-0.2, 0) is 4.79 Å². The van der Waals surface area contributed by atoms with E-state index in [1.807, 2.05) is 6.92 Å². The molecule has 1 amide bonds. The summed E-state index contributed by atoms with van der Waals surface area (Å²) >= 11 is 3.99. The number of hydrogen-bond donors (Lipinski definition) is 3. The Morgan fingerprint density at radius 2 is 2.27 bits per heavy atom. The molecule has 11 heavy (non-hydrogen) atoms. The van der Waals surface area contributed by atoms with Gasteiger partial charge in [-0.3, -0.25) is 4.79 Å². The lowest BCUT2D eigenvalue weighted by Crippen LogP contribution is -2.42. The van der Waals surface area contributed by atoms with Crippen molar-refractivity contribution in [2.45, 2.75) is 19.4 Å². The lowest BCUT2D eigenvalue weighted by molar-refractivity contribution is -0.122. The van der Waals surface area contributed by atoms with Gasteiger partial charge in [0, 0.05) is 12.3 Å². The Labute approximate surface area is 73.3 Å². The largest absolute Gasteiger partial charge is 0.354 e. The molecule has 4 heteroatoms. The third-order valence-corrected chi connectivity index (χ3v) is 1.71. The standard InChI is InChI=1S/C7H16N2OS/c1-3-6(8-2)7(10)9-4-5-11/h6,8,11H,3-5H2,1-2H3,(H,9,10). The minimum absolute atomic E-state index is 0.0593. The topological polar surface area (TPSA) is 41.1 Å². The molecule has 0 radical (unpaired) electrons. The molecule has 0 aromatic heterocycles. The van der Waals surface area contributed by atoms with Crippen LogP contribution in [0.1, 0.15) is 13.3 Å². The highest BCUT2D eigenvalue weighted by Gasteiger charge is 2.11. The number of carbonyl (C=O) groups is 1. The lowest BCUT2D eigenvalue weighted by Gasteiger charge is -2.12. The number of nitrogens with one attached hydrogen (secondary N) is 2. The highest BCUT2D eigenvalue weighted by molar-refractivity contribution is 7.80. The third-order valence-electron chi connectivity index (χ3n) is 1.48. The predicted octanol–water partition coefficient (Wildman–Crippen LogP) is 0.0304. The molecule has 0 aliphatic rings. The Balaban J connectivity index is 3.61. The van der Waals surface area contributed by atoms with Gasteiger partial charge in [-0.2, -0.15) is 12.6 Å². The maximum Gasteiger partial charge on any atom is 0.237 e. The van der Waals surface area contributed by atoms with Gasteiger partial charge in [0.05, 0.1) is 6.04 Å². The van der Waals surface area contributed by atoms with Crippen molar-refractivity contribution in [3.8, 4) is 0 Å². The number of hydrogen-bond acceptors (Lipinski definition) is 3. The van der Waals surface area contributed by atoms with Crippen molar-refractivity contribution in [1.29, 1.82) is 0 Å². The number of rotatable bonds is 5. The van der Waals surface area contributed by atoms with E-state index in [1.54, 1.807) is 7.05 Å². The average Bonchev–Trinajstić information content (AvgIpc) is 2.03. The Hall–Kier alpha value is -0.220. The predicted molar refractivity (Wildman–Crippen MR) is 50.0 cm³/mol. The molecule has 0 aromatic carbocycles. The molecule has 0 bridgehead atoms. The minimum atomic E-state index is -0.0603. The van der Waals surface area contributed by atoms with Crippen LogP contribution < -0.4 is 10.6 Å². The number of amides is 1. The van der Waals surface area contributed by atoms with E-state index in [4.69, 9.17) is 0 Å². The molecule has 2 N–H and O–H groups in total. The smallest absolute Gasteiger partial charge is 0.237 e. The first-order valence-electron chi connectivity index (χ1n) is 3.82. The van der Waals surface area contributed by atoms with Crippen LogP contribution in [0.25, 0.3) is 0 Å². The molecule has 1 atom stereocenters. The average molecular weight is 176 g/mol. The zero-order valence-corrected chi connectivity index (χ0v) is 7.95.